The van der Waals surface area contributed by atoms with Crippen molar-refractivity contribution in [1.82, 2.24) is 0 Å². The third-order valence-electron chi connectivity index (χ3n) is 1.16. The van der Waals surface area contributed by atoms with Crippen molar-refractivity contribution in [2.75, 3.05) is 13.1 Å². The molecule has 0 aromatic rings. The Balaban J connectivity index is 0.000000236. The van der Waals surface area contributed by atoms with Crippen LogP contribution in [0.15, 0.2) is 0 Å². The Morgan fingerprint density at radius 2 is 2.00 bits per heavy atom. The second-order valence-electron chi connectivity index (χ2n) is 1.91. The second-order valence-corrected chi connectivity index (χ2v) is 5.81. The van der Waals surface area contributed by atoms with Crippen LogP contribution in [0.5, 0.6) is 0 Å². The minimum atomic E-state index is -0.472. The molecule has 1 rings (SSSR count). The zero-order valence-corrected chi connectivity index (χ0v) is 9.84. The first-order valence-electron chi connectivity index (χ1n) is 2.91. The summed E-state index contributed by atoms with van der Waals surface area (Å²) in [7, 11) is 9.75. The summed E-state index contributed by atoms with van der Waals surface area (Å²) in [6.45, 7) is 1.91. The van der Waals surface area contributed by atoms with Crippen LogP contribution in [0.4, 0.5) is 0 Å². The van der Waals surface area contributed by atoms with Crippen LogP contribution in [-0.2, 0) is 16.5 Å². The van der Waals surface area contributed by atoms with E-state index in [4.69, 9.17) is 30.4 Å². The van der Waals surface area contributed by atoms with Crippen molar-refractivity contribution < 1.29 is 16.5 Å². The van der Waals surface area contributed by atoms with E-state index < -0.39 is 16.5 Å². The molecule has 0 aromatic heterocycles. The molecule has 0 radical (unpaired) electrons. The van der Waals surface area contributed by atoms with Crippen LogP contribution in [0.1, 0.15) is 12.8 Å². The average Bonchev–Trinajstić information content (AvgIpc) is 1.91. The fraction of sp³-hybridized carbons (Fsp3) is 1.00. The van der Waals surface area contributed by atoms with E-state index in [1.165, 1.54) is 6.42 Å². The van der Waals surface area contributed by atoms with E-state index in [-0.39, 0.29) is 0 Å². The molecule has 5 heteroatoms. The van der Waals surface area contributed by atoms with E-state index in [2.05, 4.69) is 5.32 Å². The summed E-state index contributed by atoms with van der Waals surface area (Å²) < 4.78 is 0. The predicted molar refractivity (Wildman–Crippen MR) is 43.7 cm³/mol. The van der Waals surface area contributed by atoms with Crippen LogP contribution in [0.2, 0.25) is 0 Å². The van der Waals surface area contributed by atoms with Gasteiger partial charge in [-0.2, -0.15) is 0 Å². The number of hydrogen-bond donors (Lipinski definition) is 0. The molecular weight excluding hydrogens is 375 g/mol. The Labute approximate surface area is 83.2 Å². The molecule has 0 bridgehead atoms. The van der Waals surface area contributed by atoms with Crippen LogP contribution in [0.25, 0.3) is 5.32 Å². The fourth-order valence-electron chi connectivity index (χ4n) is 0.747. The van der Waals surface area contributed by atoms with E-state index in [9.17, 15) is 0 Å². The summed E-state index contributed by atoms with van der Waals surface area (Å²) in [4.78, 5) is 0. The molecule has 0 N–H and O–H groups in total. The molecule has 0 spiro atoms. The van der Waals surface area contributed by atoms with Crippen molar-refractivity contribution in [3.05, 3.63) is 5.32 Å². The summed E-state index contributed by atoms with van der Waals surface area (Å²) in [6, 6.07) is 0. The first kappa shape index (κ1) is 11.5. The fourth-order valence-corrected chi connectivity index (χ4v) is 0.999. The number of rotatable bonds is 0. The topological polar surface area (TPSA) is 14.1 Å². The summed E-state index contributed by atoms with van der Waals surface area (Å²) in [6.07, 6.45) is 2.35. The molecule has 1 atom stereocenters. The van der Waals surface area contributed by atoms with Gasteiger partial charge in [-0.15, -0.1) is 24.7 Å². The van der Waals surface area contributed by atoms with Crippen molar-refractivity contribution >= 4 is 30.4 Å². The Morgan fingerprint density at radius 1 is 1.40 bits per heavy atom. The zero-order chi connectivity index (χ0) is 7.82. The van der Waals surface area contributed by atoms with Gasteiger partial charge >= 0.3 is 35.3 Å². The molecular formula is C5H9Cl3NPt+. The minimum absolute atomic E-state index is 0.341. The molecule has 1 heterocycles. The number of hydrogen-bond acceptors (Lipinski definition) is 0. The van der Waals surface area contributed by atoms with Gasteiger partial charge in [0.15, 0.2) is 0 Å². The van der Waals surface area contributed by atoms with Gasteiger partial charge in [-0.3, -0.25) is 0 Å². The van der Waals surface area contributed by atoms with Crippen molar-refractivity contribution in [3.8, 4) is 0 Å². The first-order chi connectivity index (χ1) is 4.81. The number of nitrogens with zero attached hydrogens (tertiary/aromatic N) is 1. The summed E-state index contributed by atoms with van der Waals surface area (Å²) in [5.74, 6) is 0. The van der Waals surface area contributed by atoms with E-state index >= 15 is 0 Å². The summed E-state index contributed by atoms with van der Waals surface area (Å²) in [5.41, 5.74) is 0. The van der Waals surface area contributed by atoms with Crippen LogP contribution >= 0.6 is 30.4 Å². The molecule has 10 heavy (non-hydrogen) atoms. The maximum atomic E-state index is 5.72. The molecule has 64 valence electrons. The monoisotopic (exact) mass is 383 g/mol. The quantitative estimate of drug-likeness (QED) is 0.570. The first-order valence-corrected chi connectivity index (χ1v) is 8.97. The zero-order valence-electron chi connectivity index (χ0n) is 5.30. The van der Waals surface area contributed by atoms with Crippen molar-refractivity contribution in [2.45, 2.75) is 18.2 Å². The van der Waals surface area contributed by atoms with Crippen LogP contribution < -0.4 is 0 Å². The maximum absolute atomic E-state index is 5.72. The standard InChI is InChI=1S/C5H9ClN.2ClH.Pt/c6-5-2-1-3-7-4-5;;;/h5H,1-4H2;2*1H;/q-1;;;+4/p-2. The predicted octanol–water partition coefficient (Wildman–Crippen LogP) is 3.14. The van der Waals surface area contributed by atoms with Gasteiger partial charge in [0.1, 0.15) is 0 Å². The Hall–Kier alpha value is 1.52. The van der Waals surface area contributed by atoms with Crippen molar-refractivity contribution in [2.24, 2.45) is 0 Å². The molecule has 1 aliphatic rings. The Kier molecular flexibility index (Phi) is 9.92. The SMILES string of the molecule is ClC1CCC[N-]C1.[Cl][Pt+2][Cl]. The van der Waals surface area contributed by atoms with Gasteiger partial charge in [-0.05, 0) is 6.42 Å². The van der Waals surface area contributed by atoms with Gasteiger partial charge in [-0.1, -0.05) is 6.42 Å². The van der Waals surface area contributed by atoms with Gasteiger partial charge in [0.25, 0.3) is 0 Å². The Bertz CT molecular complexity index is 67.9. The Morgan fingerprint density at radius 3 is 2.20 bits per heavy atom. The molecule has 1 aliphatic heterocycles. The molecule has 0 saturated carbocycles. The van der Waals surface area contributed by atoms with Gasteiger partial charge < -0.3 is 5.32 Å². The van der Waals surface area contributed by atoms with E-state index in [1.807, 2.05) is 0 Å². The summed E-state index contributed by atoms with van der Waals surface area (Å²) in [5, 5.41) is 4.47. The third kappa shape index (κ3) is 7.62. The molecule has 0 aliphatic carbocycles. The van der Waals surface area contributed by atoms with Crippen molar-refractivity contribution in [1.29, 1.82) is 0 Å². The van der Waals surface area contributed by atoms with Gasteiger partial charge in [0, 0.05) is 5.38 Å². The molecule has 0 amide bonds. The van der Waals surface area contributed by atoms with Crippen molar-refractivity contribution in [3.63, 3.8) is 0 Å². The molecule has 1 fully saturated rings. The van der Waals surface area contributed by atoms with E-state index in [0.717, 1.165) is 19.5 Å². The molecule has 0 aromatic carbocycles. The van der Waals surface area contributed by atoms with Crippen LogP contribution in [0, 0.1) is 0 Å². The molecule has 1 saturated heterocycles. The third-order valence-corrected chi connectivity index (χ3v) is 1.52. The molecule has 1 nitrogen and oxygen atoms in total. The van der Waals surface area contributed by atoms with Crippen LogP contribution in [0.3, 0.4) is 0 Å². The van der Waals surface area contributed by atoms with E-state index in [0.29, 0.717) is 5.38 Å². The average molecular weight is 385 g/mol. The van der Waals surface area contributed by atoms with Crippen LogP contribution in [-0.4, -0.2) is 18.5 Å². The van der Waals surface area contributed by atoms with Gasteiger partial charge in [-0.25, -0.2) is 0 Å². The second kappa shape index (κ2) is 8.61. The van der Waals surface area contributed by atoms with Gasteiger partial charge in [0.2, 0.25) is 0 Å². The summed E-state index contributed by atoms with van der Waals surface area (Å²) >= 11 is 5.25. The molecule has 1 unspecified atom stereocenters. The van der Waals surface area contributed by atoms with E-state index in [1.54, 1.807) is 0 Å². The number of alkyl halides is 1. The number of halogens is 3. The van der Waals surface area contributed by atoms with Gasteiger partial charge in [0.05, 0.1) is 0 Å². The number of piperidine rings is 1. The normalized spacial score (nSPS) is 25.3.